The van der Waals surface area contributed by atoms with E-state index in [0.717, 1.165) is 31.5 Å². The first kappa shape index (κ1) is 15.1. The molecule has 4 nitrogen and oxygen atoms in total. The lowest BCUT2D eigenvalue weighted by atomic mass is 10.1. The van der Waals surface area contributed by atoms with E-state index in [1.54, 1.807) is 0 Å². The van der Waals surface area contributed by atoms with Crippen molar-refractivity contribution in [1.29, 1.82) is 0 Å². The van der Waals surface area contributed by atoms with Crippen LogP contribution in [0.1, 0.15) is 68.6 Å². The van der Waals surface area contributed by atoms with Gasteiger partial charge < -0.3 is 9.32 Å². The molecule has 0 aromatic carbocycles. The number of nitrogens with zero attached hydrogens (tertiary/aromatic N) is 2. The van der Waals surface area contributed by atoms with Crippen molar-refractivity contribution in [2.45, 2.75) is 65.8 Å². The van der Waals surface area contributed by atoms with Crippen LogP contribution in [0.25, 0.3) is 0 Å². The number of likely N-dealkylation sites (tertiary alicyclic amines) is 1. The highest BCUT2D eigenvalue weighted by atomic mass is 16.4. The Morgan fingerprint density at radius 3 is 2.85 bits per heavy atom. The molecule has 112 valence electrons. The van der Waals surface area contributed by atoms with Crippen molar-refractivity contribution in [1.82, 2.24) is 9.88 Å². The summed E-state index contributed by atoms with van der Waals surface area (Å²) in [7, 11) is 0. The van der Waals surface area contributed by atoms with Gasteiger partial charge in [-0.05, 0) is 32.6 Å². The highest BCUT2D eigenvalue weighted by molar-refractivity contribution is 5.92. The number of aryl methyl sites for hydroxylation is 1. The van der Waals surface area contributed by atoms with E-state index in [9.17, 15) is 4.79 Å². The van der Waals surface area contributed by atoms with E-state index >= 15 is 0 Å². The third-order valence-corrected chi connectivity index (χ3v) is 3.93. The van der Waals surface area contributed by atoms with E-state index in [1.807, 2.05) is 11.8 Å². The van der Waals surface area contributed by atoms with E-state index < -0.39 is 0 Å². The van der Waals surface area contributed by atoms with Crippen LogP contribution in [0.15, 0.2) is 4.42 Å². The molecule has 1 aromatic heterocycles. The monoisotopic (exact) mass is 278 g/mol. The fourth-order valence-electron chi connectivity index (χ4n) is 2.79. The van der Waals surface area contributed by atoms with E-state index in [4.69, 9.17) is 4.42 Å². The van der Waals surface area contributed by atoms with Crippen molar-refractivity contribution in [2.75, 3.05) is 6.54 Å². The third-order valence-electron chi connectivity index (χ3n) is 3.93. The SMILES string of the molecule is Cc1nc(CC(C)C)oc1C(=O)N1CCCCC[C@@H]1C. The van der Waals surface area contributed by atoms with Gasteiger partial charge in [0, 0.05) is 19.0 Å². The Balaban J connectivity index is 2.17. The smallest absolute Gasteiger partial charge is 0.291 e. The van der Waals surface area contributed by atoms with Gasteiger partial charge in [0.1, 0.15) is 0 Å². The van der Waals surface area contributed by atoms with Crippen molar-refractivity contribution in [2.24, 2.45) is 5.92 Å². The Hall–Kier alpha value is -1.32. The second-order valence-corrected chi connectivity index (χ2v) is 6.32. The summed E-state index contributed by atoms with van der Waals surface area (Å²) in [5.74, 6) is 1.62. The minimum Gasteiger partial charge on any atom is -0.435 e. The van der Waals surface area contributed by atoms with Crippen molar-refractivity contribution in [3.8, 4) is 0 Å². The highest BCUT2D eigenvalue weighted by Crippen LogP contribution is 2.21. The Labute approximate surface area is 121 Å². The average Bonchev–Trinajstić information content (AvgIpc) is 2.58. The van der Waals surface area contributed by atoms with Gasteiger partial charge in [-0.2, -0.15) is 0 Å². The van der Waals surface area contributed by atoms with E-state index in [1.165, 1.54) is 12.8 Å². The molecule has 1 aromatic rings. The lowest BCUT2D eigenvalue weighted by Crippen LogP contribution is -2.38. The van der Waals surface area contributed by atoms with Crippen molar-refractivity contribution in [3.63, 3.8) is 0 Å². The first-order valence-corrected chi connectivity index (χ1v) is 7.76. The average molecular weight is 278 g/mol. The summed E-state index contributed by atoms with van der Waals surface area (Å²) in [6.45, 7) is 9.07. The molecule has 1 aliphatic rings. The largest absolute Gasteiger partial charge is 0.435 e. The van der Waals surface area contributed by atoms with E-state index in [-0.39, 0.29) is 5.91 Å². The summed E-state index contributed by atoms with van der Waals surface area (Å²) in [5, 5.41) is 0. The molecule has 4 heteroatoms. The van der Waals surface area contributed by atoms with Gasteiger partial charge in [0.2, 0.25) is 5.76 Å². The van der Waals surface area contributed by atoms with Crippen LogP contribution in [0.2, 0.25) is 0 Å². The number of aromatic nitrogens is 1. The zero-order chi connectivity index (χ0) is 14.7. The summed E-state index contributed by atoms with van der Waals surface area (Å²) in [6, 6.07) is 0.294. The second kappa shape index (κ2) is 6.42. The molecule has 0 N–H and O–H groups in total. The Morgan fingerprint density at radius 2 is 2.15 bits per heavy atom. The van der Waals surface area contributed by atoms with Gasteiger partial charge in [-0.3, -0.25) is 4.79 Å². The molecule has 1 saturated heterocycles. The number of rotatable bonds is 3. The normalized spacial score (nSPS) is 20.2. The van der Waals surface area contributed by atoms with Gasteiger partial charge in [0.15, 0.2) is 5.89 Å². The number of oxazole rings is 1. The predicted octanol–water partition coefficient (Wildman–Crippen LogP) is 3.59. The first-order valence-electron chi connectivity index (χ1n) is 7.76. The molecular weight excluding hydrogens is 252 g/mol. The van der Waals surface area contributed by atoms with E-state index in [0.29, 0.717) is 23.6 Å². The van der Waals surface area contributed by atoms with Gasteiger partial charge in [-0.1, -0.05) is 26.7 Å². The number of hydrogen-bond donors (Lipinski definition) is 0. The molecule has 0 aliphatic carbocycles. The van der Waals surface area contributed by atoms with Crippen LogP contribution >= 0.6 is 0 Å². The molecule has 2 rings (SSSR count). The Kier molecular flexibility index (Phi) is 4.84. The molecule has 0 spiro atoms. The molecule has 2 heterocycles. The topological polar surface area (TPSA) is 46.3 Å². The molecule has 1 amide bonds. The number of carbonyl (C=O) groups is 1. The molecule has 0 saturated carbocycles. The molecule has 1 fully saturated rings. The first-order chi connectivity index (χ1) is 9.49. The summed E-state index contributed by atoms with van der Waals surface area (Å²) in [4.78, 5) is 19.0. The third kappa shape index (κ3) is 3.41. The van der Waals surface area contributed by atoms with E-state index in [2.05, 4.69) is 25.8 Å². The lowest BCUT2D eigenvalue weighted by Gasteiger charge is -2.26. The zero-order valence-corrected chi connectivity index (χ0v) is 13.1. The summed E-state index contributed by atoms with van der Waals surface area (Å²) in [5.41, 5.74) is 0.724. The van der Waals surface area contributed by atoms with Crippen molar-refractivity contribution >= 4 is 5.91 Å². The maximum atomic E-state index is 12.7. The van der Waals surface area contributed by atoms with Crippen LogP contribution in [0.5, 0.6) is 0 Å². The van der Waals surface area contributed by atoms with Gasteiger partial charge >= 0.3 is 0 Å². The predicted molar refractivity (Wildman–Crippen MR) is 78.7 cm³/mol. The molecule has 20 heavy (non-hydrogen) atoms. The minimum absolute atomic E-state index is 0.0133. The Morgan fingerprint density at radius 1 is 1.40 bits per heavy atom. The summed E-state index contributed by atoms with van der Waals surface area (Å²) < 4.78 is 5.73. The highest BCUT2D eigenvalue weighted by Gasteiger charge is 2.27. The molecule has 0 radical (unpaired) electrons. The van der Waals surface area contributed by atoms with Crippen LogP contribution in [-0.4, -0.2) is 28.4 Å². The van der Waals surface area contributed by atoms with Crippen LogP contribution < -0.4 is 0 Å². The summed E-state index contributed by atoms with van der Waals surface area (Å²) in [6.07, 6.45) is 5.37. The Bertz CT molecular complexity index is 465. The maximum absolute atomic E-state index is 12.7. The lowest BCUT2D eigenvalue weighted by molar-refractivity contribution is 0.0662. The van der Waals surface area contributed by atoms with Crippen LogP contribution in [0.3, 0.4) is 0 Å². The minimum atomic E-state index is 0.0133. The number of amides is 1. The molecular formula is C16H26N2O2. The number of carbonyl (C=O) groups excluding carboxylic acids is 1. The fourth-order valence-corrected chi connectivity index (χ4v) is 2.79. The van der Waals surface area contributed by atoms with Gasteiger partial charge in [-0.15, -0.1) is 0 Å². The maximum Gasteiger partial charge on any atom is 0.291 e. The van der Waals surface area contributed by atoms with Gasteiger partial charge in [0.05, 0.1) is 5.69 Å². The summed E-state index contributed by atoms with van der Waals surface area (Å²) >= 11 is 0. The van der Waals surface area contributed by atoms with Gasteiger partial charge in [-0.25, -0.2) is 4.98 Å². The van der Waals surface area contributed by atoms with Crippen LogP contribution in [0.4, 0.5) is 0 Å². The molecule has 1 atom stereocenters. The molecule has 0 unspecified atom stereocenters. The number of hydrogen-bond acceptors (Lipinski definition) is 3. The van der Waals surface area contributed by atoms with Crippen molar-refractivity contribution < 1.29 is 9.21 Å². The zero-order valence-electron chi connectivity index (χ0n) is 13.1. The standard InChI is InChI=1S/C16H26N2O2/c1-11(2)10-14-17-13(4)15(20-14)16(19)18-9-7-5-6-8-12(18)3/h11-12H,5-10H2,1-4H3/t12-/m0/s1. The second-order valence-electron chi connectivity index (χ2n) is 6.32. The molecule has 1 aliphatic heterocycles. The fraction of sp³-hybridized carbons (Fsp3) is 0.750. The van der Waals surface area contributed by atoms with Crippen LogP contribution in [0, 0.1) is 12.8 Å². The van der Waals surface area contributed by atoms with Crippen molar-refractivity contribution in [3.05, 3.63) is 17.3 Å². The quantitative estimate of drug-likeness (QED) is 0.849. The van der Waals surface area contributed by atoms with Gasteiger partial charge in [0.25, 0.3) is 5.91 Å². The molecule has 0 bridgehead atoms. The van der Waals surface area contributed by atoms with Crippen LogP contribution in [-0.2, 0) is 6.42 Å².